The molecule has 0 unspecified atom stereocenters. The molecule has 0 bridgehead atoms. The Morgan fingerprint density at radius 3 is 2.67 bits per heavy atom. The molecule has 0 radical (unpaired) electrons. The van der Waals surface area contributed by atoms with Gasteiger partial charge in [-0.2, -0.15) is 0 Å². The van der Waals surface area contributed by atoms with Gasteiger partial charge in [-0.05, 0) is 55.8 Å². The molecule has 33 heavy (non-hydrogen) atoms. The van der Waals surface area contributed by atoms with Gasteiger partial charge in [-0.15, -0.1) is 11.3 Å². The SMILES string of the molecule is O=c1[nH]c(CN2CCC(c3nc4ccccc4o3)CC2)nc2scc(-c3ccc(F)cc3)c12. The van der Waals surface area contributed by atoms with E-state index in [-0.39, 0.29) is 11.4 Å². The molecule has 8 heteroatoms. The number of aromatic nitrogens is 3. The summed E-state index contributed by atoms with van der Waals surface area (Å²) in [6.45, 7) is 2.36. The van der Waals surface area contributed by atoms with Gasteiger partial charge >= 0.3 is 0 Å². The average molecular weight is 461 g/mol. The number of benzene rings is 2. The van der Waals surface area contributed by atoms with Crippen LogP contribution in [-0.2, 0) is 6.54 Å². The summed E-state index contributed by atoms with van der Waals surface area (Å²) in [5.41, 5.74) is 3.18. The first-order valence-corrected chi connectivity index (χ1v) is 11.9. The zero-order chi connectivity index (χ0) is 22.4. The van der Waals surface area contributed by atoms with Gasteiger partial charge in [0.2, 0.25) is 0 Å². The largest absolute Gasteiger partial charge is 0.440 e. The van der Waals surface area contributed by atoms with Crippen LogP contribution < -0.4 is 5.56 Å². The zero-order valence-corrected chi connectivity index (χ0v) is 18.6. The van der Waals surface area contributed by atoms with Crippen molar-refractivity contribution in [2.24, 2.45) is 0 Å². The Kier molecular flexibility index (Phi) is 5.04. The summed E-state index contributed by atoms with van der Waals surface area (Å²) < 4.78 is 19.2. The Labute approximate surface area is 192 Å². The van der Waals surface area contributed by atoms with Crippen molar-refractivity contribution in [3.05, 3.63) is 81.8 Å². The molecule has 1 aliphatic rings. The second-order valence-corrected chi connectivity index (χ2v) is 9.28. The summed E-state index contributed by atoms with van der Waals surface area (Å²) in [7, 11) is 0. The molecule has 1 aliphatic heterocycles. The van der Waals surface area contributed by atoms with Crippen LogP contribution in [0.5, 0.6) is 0 Å². The molecule has 2 aromatic carbocycles. The van der Waals surface area contributed by atoms with Crippen molar-refractivity contribution in [2.45, 2.75) is 25.3 Å². The minimum absolute atomic E-state index is 0.156. The minimum Gasteiger partial charge on any atom is -0.440 e. The second kappa shape index (κ2) is 8.20. The number of hydrogen-bond acceptors (Lipinski definition) is 6. The summed E-state index contributed by atoms with van der Waals surface area (Å²) in [4.78, 5) is 28.2. The molecule has 0 aliphatic carbocycles. The summed E-state index contributed by atoms with van der Waals surface area (Å²) in [6, 6.07) is 14.0. The standard InChI is InChI=1S/C25H21FN4O2S/c26-17-7-5-15(6-8-17)18-14-33-25-22(18)23(31)28-21(29-25)13-30-11-9-16(10-12-30)24-27-19-3-1-2-4-20(19)32-24/h1-8,14,16H,9-13H2,(H,28,29,31). The van der Waals surface area contributed by atoms with Crippen molar-refractivity contribution < 1.29 is 8.81 Å². The fraction of sp³-hybridized carbons (Fsp3) is 0.240. The van der Waals surface area contributed by atoms with Crippen molar-refractivity contribution >= 4 is 32.7 Å². The van der Waals surface area contributed by atoms with Crippen LogP contribution in [0.3, 0.4) is 0 Å². The summed E-state index contributed by atoms with van der Waals surface area (Å²) in [6.07, 6.45) is 1.90. The van der Waals surface area contributed by atoms with E-state index in [2.05, 4.69) is 14.9 Å². The van der Waals surface area contributed by atoms with E-state index in [1.165, 1.54) is 23.5 Å². The molecule has 6 rings (SSSR count). The van der Waals surface area contributed by atoms with Gasteiger partial charge in [0.05, 0.1) is 11.9 Å². The van der Waals surface area contributed by atoms with Crippen molar-refractivity contribution in [3.63, 3.8) is 0 Å². The first-order chi connectivity index (χ1) is 16.1. The van der Waals surface area contributed by atoms with Crippen LogP contribution in [0.1, 0.15) is 30.5 Å². The lowest BCUT2D eigenvalue weighted by Gasteiger charge is -2.29. The minimum atomic E-state index is -0.299. The molecule has 0 spiro atoms. The van der Waals surface area contributed by atoms with Gasteiger partial charge in [-0.25, -0.2) is 14.4 Å². The molecular weight excluding hydrogens is 439 g/mol. The summed E-state index contributed by atoms with van der Waals surface area (Å²) in [5.74, 6) is 1.49. The Hall–Kier alpha value is -3.36. The number of rotatable bonds is 4. The van der Waals surface area contributed by atoms with Crippen LogP contribution in [0.25, 0.3) is 32.4 Å². The fourth-order valence-electron chi connectivity index (χ4n) is 4.52. The number of nitrogens with zero attached hydrogens (tertiary/aromatic N) is 3. The number of fused-ring (bicyclic) bond motifs is 2. The van der Waals surface area contributed by atoms with Gasteiger partial charge in [0, 0.05) is 16.9 Å². The van der Waals surface area contributed by atoms with Crippen LogP contribution in [-0.4, -0.2) is 32.9 Å². The van der Waals surface area contributed by atoms with E-state index in [9.17, 15) is 9.18 Å². The first-order valence-electron chi connectivity index (χ1n) is 11.0. The maximum atomic E-state index is 13.3. The Morgan fingerprint density at radius 1 is 1.09 bits per heavy atom. The highest BCUT2D eigenvalue weighted by molar-refractivity contribution is 7.17. The summed E-state index contributed by atoms with van der Waals surface area (Å²) >= 11 is 1.44. The van der Waals surface area contributed by atoms with Crippen LogP contribution in [0, 0.1) is 5.82 Å². The second-order valence-electron chi connectivity index (χ2n) is 8.42. The predicted octanol–water partition coefficient (Wildman–Crippen LogP) is 5.31. The molecular formula is C25H21FN4O2S. The third-order valence-electron chi connectivity index (χ3n) is 6.27. The maximum Gasteiger partial charge on any atom is 0.260 e. The number of nitrogens with one attached hydrogen (secondary N) is 1. The lowest BCUT2D eigenvalue weighted by Crippen LogP contribution is -2.33. The van der Waals surface area contributed by atoms with Gasteiger partial charge < -0.3 is 9.40 Å². The Bertz CT molecular complexity index is 1460. The monoisotopic (exact) mass is 460 g/mol. The maximum absolute atomic E-state index is 13.3. The van der Waals surface area contributed by atoms with Gasteiger partial charge in [-0.3, -0.25) is 9.69 Å². The topological polar surface area (TPSA) is 75.0 Å². The van der Waals surface area contributed by atoms with Gasteiger partial charge in [0.15, 0.2) is 11.5 Å². The lowest BCUT2D eigenvalue weighted by molar-refractivity contribution is 0.190. The number of oxazole rings is 1. The molecule has 4 heterocycles. The molecule has 5 aromatic rings. The van der Waals surface area contributed by atoms with E-state index < -0.39 is 0 Å². The van der Waals surface area contributed by atoms with Crippen molar-refractivity contribution in [1.29, 1.82) is 0 Å². The Morgan fingerprint density at radius 2 is 1.88 bits per heavy atom. The van der Waals surface area contributed by atoms with E-state index in [4.69, 9.17) is 9.40 Å². The number of piperidine rings is 1. The summed E-state index contributed by atoms with van der Waals surface area (Å²) in [5, 5.41) is 2.47. The molecule has 0 atom stereocenters. The molecule has 6 nitrogen and oxygen atoms in total. The van der Waals surface area contributed by atoms with Gasteiger partial charge in [0.1, 0.15) is 22.0 Å². The van der Waals surface area contributed by atoms with Crippen LogP contribution in [0.2, 0.25) is 0 Å². The highest BCUT2D eigenvalue weighted by atomic mass is 32.1. The predicted molar refractivity (Wildman–Crippen MR) is 127 cm³/mol. The third kappa shape index (κ3) is 3.85. The molecule has 3 aromatic heterocycles. The van der Waals surface area contributed by atoms with Crippen LogP contribution in [0.15, 0.2) is 63.1 Å². The van der Waals surface area contributed by atoms with E-state index >= 15 is 0 Å². The number of halogens is 1. The normalized spacial score (nSPS) is 15.5. The number of hydrogen-bond donors (Lipinski definition) is 1. The Balaban J connectivity index is 1.17. The molecule has 166 valence electrons. The number of thiophene rings is 1. The molecule has 0 amide bonds. The van der Waals surface area contributed by atoms with Crippen molar-refractivity contribution in [3.8, 4) is 11.1 Å². The van der Waals surface area contributed by atoms with E-state index in [1.54, 1.807) is 12.1 Å². The number of para-hydroxylation sites is 2. The van der Waals surface area contributed by atoms with E-state index in [1.807, 2.05) is 29.6 Å². The lowest BCUT2D eigenvalue weighted by atomic mass is 9.97. The number of aromatic amines is 1. The zero-order valence-electron chi connectivity index (χ0n) is 17.8. The first kappa shape index (κ1) is 20.3. The van der Waals surface area contributed by atoms with E-state index in [0.29, 0.717) is 28.5 Å². The van der Waals surface area contributed by atoms with Gasteiger partial charge in [0.25, 0.3) is 5.56 Å². The van der Waals surface area contributed by atoms with Crippen LogP contribution >= 0.6 is 11.3 Å². The highest BCUT2D eigenvalue weighted by Crippen LogP contribution is 2.32. The van der Waals surface area contributed by atoms with Gasteiger partial charge in [-0.1, -0.05) is 24.3 Å². The molecule has 1 fully saturated rings. The average Bonchev–Trinajstić information content (AvgIpc) is 3.45. The van der Waals surface area contributed by atoms with Crippen molar-refractivity contribution in [1.82, 2.24) is 19.9 Å². The number of likely N-dealkylation sites (tertiary alicyclic amines) is 1. The third-order valence-corrected chi connectivity index (χ3v) is 7.14. The smallest absolute Gasteiger partial charge is 0.260 e. The quantitative estimate of drug-likeness (QED) is 0.393. The fourth-order valence-corrected chi connectivity index (χ4v) is 5.49. The molecule has 1 N–H and O–H groups in total. The van der Waals surface area contributed by atoms with Crippen LogP contribution in [0.4, 0.5) is 4.39 Å². The molecule has 1 saturated heterocycles. The van der Waals surface area contributed by atoms with Crippen molar-refractivity contribution in [2.75, 3.05) is 13.1 Å². The number of H-pyrrole nitrogens is 1. The van der Waals surface area contributed by atoms with E-state index in [0.717, 1.165) is 54.0 Å². The highest BCUT2D eigenvalue weighted by Gasteiger charge is 2.25. The molecule has 0 saturated carbocycles.